The molecule has 0 N–H and O–H groups in total. The summed E-state index contributed by atoms with van der Waals surface area (Å²) in [5.74, 6) is 0.716. The summed E-state index contributed by atoms with van der Waals surface area (Å²) < 4.78 is 13.9. The predicted molar refractivity (Wildman–Crippen MR) is 104 cm³/mol. The highest BCUT2D eigenvalue weighted by Gasteiger charge is 2.53. The third kappa shape index (κ3) is 2.95. The van der Waals surface area contributed by atoms with Crippen molar-refractivity contribution >= 4 is 27.7 Å². The van der Waals surface area contributed by atoms with Crippen LogP contribution in [0.2, 0.25) is 0 Å². The van der Waals surface area contributed by atoms with Gasteiger partial charge in [-0.05, 0) is 31.5 Å². The zero-order chi connectivity index (χ0) is 18.1. The van der Waals surface area contributed by atoms with Crippen LogP contribution in [-0.2, 0) is 15.1 Å². The zero-order valence-corrected chi connectivity index (χ0v) is 16.1. The minimum atomic E-state index is -0.998. The van der Waals surface area contributed by atoms with Gasteiger partial charge in [-0.2, -0.15) is 0 Å². The Balaban J connectivity index is 1.64. The molecule has 1 amide bonds. The van der Waals surface area contributed by atoms with Crippen molar-refractivity contribution in [3.8, 4) is 5.75 Å². The van der Waals surface area contributed by atoms with Crippen molar-refractivity contribution < 1.29 is 14.3 Å². The maximum atomic E-state index is 13.1. The monoisotopic (exact) mass is 413 g/mol. The molecule has 26 heavy (non-hydrogen) atoms. The molecule has 0 unspecified atom stereocenters. The summed E-state index contributed by atoms with van der Waals surface area (Å²) in [6.07, 6.45) is 3.22. The maximum absolute atomic E-state index is 13.1. The van der Waals surface area contributed by atoms with Gasteiger partial charge in [0.15, 0.2) is 5.60 Å². The second-order valence-corrected chi connectivity index (χ2v) is 7.47. The average Bonchev–Trinajstić information content (AvgIpc) is 2.79. The van der Waals surface area contributed by atoms with Crippen LogP contribution < -0.4 is 8.66 Å². The molecule has 2 heterocycles. The van der Waals surface area contributed by atoms with Gasteiger partial charge in [0, 0.05) is 12.0 Å². The van der Waals surface area contributed by atoms with Gasteiger partial charge in [-0.25, -0.2) is 3.93 Å². The van der Waals surface area contributed by atoms with Crippen molar-refractivity contribution in [3.05, 3.63) is 71.8 Å². The molecular weight excluding hydrogens is 394 g/mol. The first-order valence-electron chi connectivity index (χ1n) is 8.71. The highest BCUT2D eigenvalue weighted by Crippen LogP contribution is 2.49. The van der Waals surface area contributed by atoms with Crippen LogP contribution >= 0.6 is 16.1 Å². The van der Waals surface area contributed by atoms with E-state index in [1.807, 2.05) is 54.6 Å². The predicted octanol–water partition coefficient (Wildman–Crippen LogP) is 4.74. The molecule has 0 aliphatic carbocycles. The van der Waals surface area contributed by atoms with Gasteiger partial charge in [0.05, 0.1) is 27.9 Å². The molecule has 5 heteroatoms. The van der Waals surface area contributed by atoms with Crippen LogP contribution in [0, 0.1) is 0 Å². The first-order valence-corrected chi connectivity index (χ1v) is 9.42. The van der Waals surface area contributed by atoms with E-state index in [1.54, 1.807) is 0 Å². The highest BCUT2D eigenvalue weighted by molar-refractivity contribution is 9.10. The number of carbonyl (C=O) groups is 1. The van der Waals surface area contributed by atoms with Gasteiger partial charge in [-0.1, -0.05) is 48.0 Å². The molecule has 2 aromatic rings. The second-order valence-electron chi connectivity index (χ2n) is 6.76. The number of nitrogens with zero attached hydrogens (tertiary/aromatic N) is 1. The van der Waals surface area contributed by atoms with E-state index in [0.717, 1.165) is 29.0 Å². The van der Waals surface area contributed by atoms with E-state index in [2.05, 4.69) is 29.1 Å². The molecule has 4 nitrogen and oxygen atoms in total. The number of hydrogen-bond donors (Lipinski definition) is 0. The van der Waals surface area contributed by atoms with Crippen molar-refractivity contribution in [2.75, 3.05) is 10.5 Å². The zero-order valence-electron chi connectivity index (χ0n) is 14.5. The van der Waals surface area contributed by atoms with Gasteiger partial charge >= 0.3 is 0 Å². The molecule has 4 rings (SSSR count). The second kappa shape index (κ2) is 6.89. The Hall–Kier alpha value is -2.11. The van der Waals surface area contributed by atoms with Crippen LogP contribution in [0.4, 0.5) is 5.69 Å². The Labute approximate surface area is 161 Å². The fourth-order valence-corrected chi connectivity index (χ4v) is 4.23. The summed E-state index contributed by atoms with van der Waals surface area (Å²) in [4.78, 5) is 13.1. The van der Waals surface area contributed by atoms with Gasteiger partial charge < -0.3 is 9.47 Å². The molecule has 1 spiro atoms. The van der Waals surface area contributed by atoms with Crippen LogP contribution in [-0.4, -0.2) is 18.6 Å². The standard InChI is InChI=1S/C21H20BrNO3/c1-15-11-12-17(14-25-16-7-3-2-4-8-16)26-21(13-15)18-9-5-6-10-19(18)23(22)20(21)24/h2-11,17H,12-14H2,1H3/t17-,21+/m0/s1. The van der Waals surface area contributed by atoms with E-state index in [4.69, 9.17) is 9.47 Å². The Bertz CT molecular complexity index is 851. The first kappa shape index (κ1) is 17.3. The fraction of sp³-hybridized carbons (Fsp3) is 0.286. The molecule has 2 atom stereocenters. The van der Waals surface area contributed by atoms with Crippen molar-refractivity contribution in [2.45, 2.75) is 31.5 Å². The van der Waals surface area contributed by atoms with E-state index >= 15 is 0 Å². The van der Waals surface area contributed by atoms with Crippen LogP contribution in [0.1, 0.15) is 25.3 Å². The van der Waals surface area contributed by atoms with Gasteiger partial charge in [0.2, 0.25) is 0 Å². The Morgan fingerprint density at radius 1 is 1.19 bits per heavy atom. The number of ether oxygens (including phenoxy) is 2. The van der Waals surface area contributed by atoms with Gasteiger partial charge in [-0.15, -0.1) is 0 Å². The number of hydrogen-bond acceptors (Lipinski definition) is 3. The number of fused-ring (bicyclic) bond motifs is 2. The van der Waals surface area contributed by atoms with Gasteiger partial charge in [0.25, 0.3) is 5.91 Å². The van der Waals surface area contributed by atoms with Crippen LogP contribution in [0.15, 0.2) is 66.2 Å². The molecule has 134 valence electrons. The summed E-state index contributed by atoms with van der Waals surface area (Å²) in [6, 6.07) is 17.4. The van der Waals surface area contributed by atoms with E-state index in [9.17, 15) is 4.79 Å². The smallest absolute Gasteiger partial charge is 0.274 e. The SMILES string of the molecule is CC1=CC[C@@H](COc2ccccc2)O[C@@]2(C1)C(=O)N(Br)c1ccccc12. The van der Waals surface area contributed by atoms with Gasteiger partial charge in [-0.3, -0.25) is 4.79 Å². The summed E-state index contributed by atoms with van der Waals surface area (Å²) >= 11 is 3.41. The number of carbonyl (C=O) groups excluding carboxylic acids is 1. The minimum absolute atomic E-state index is 0.0851. The van der Waals surface area contributed by atoms with Crippen molar-refractivity contribution in [3.63, 3.8) is 0 Å². The molecule has 0 aromatic heterocycles. The first-order chi connectivity index (χ1) is 12.6. The molecular formula is C21H20BrNO3. The number of para-hydroxylation sites is 2. The highest BCUT2D eigenvalue weighted by atomic mass is 79.9. The normalized spacial score (nSPS) is 25.0. The van der Waals surface area contributed by atoms with E-state index in [1.165, 1.54) is 3.93 Å². The maximum Gasteiger partial charge on any atom is 0.274 e. The molecule has 0 saturated carbocycles. The Morgan fingerprint density at radius 2 is 1.92 bits per heavy atom. The third-order valence-corrected chi connectivity index (χ3v) is 5.58. The van der Waals surface area contributed by atoms with E-state index < -0.39 is 5.60 Å². The number of amides is 1. The molecule has 2 aliphatic heterocycles. The lowest BCUT2D eigenvalue weighted by atomic mass is 9.88. The van der Waals surface area contributed by atoms with Crippen LogP contribution in [0.3, 0.4) is 0 Å². The minimum Gasteiger partial charge on any atom is -0.491 e. The summed E-state index contributed by atoms with van der Waals surface area (Å²) in [7, 11) is 0. The number of benzene rings is 2. The number of rotatable bonds is 3. The molecule has 0 bridgehead atoms. The molecule has 0 fully saturated rings. The van der Waals surface area contributed by atoms with Crippen molar-refractivity contribution in [2.24, 2.45) is 0 Å². The van der Waals surface area contributed by atoms with E-state index in [-0.39, 0.29) is 12.0 Å². The molecule has 2 aromatic carbocycles. The van der Waals surface area contributed by atoms with Gasteiger partial charge in [0.1, 0.15) is 12.4 Å². The average molecular weight is 414 g/mol. The number of anilines is 1. The fourth-order valence-electron chi connectivity index (χ4n) is 3.63. The topological polar surface area (TPSA) is 38.8 Å². The van der Waals surface area contributed by atoms with Crippen molar-refractivity contribution in [1.29, 1.82) is 0 Å². The molecule has 2 aliphatic rings. The Kier molecular flexibility index (Phi) is 4.59. The number of halogens is 1. The quantitative estimate of drug-likeness (QED) is 0.538. The third-order valence-electron chi connectivity index (χ3n) is 4.88. The van der Waals surface area contributed by atoms with Crippen LogP contribution in [0.5, 0.6) is 5.75 Å². The lowest BCUT2D eigenvalue weighted by molar-refractivity contribution is -0.153. The molecule has 0 saturated heterocycles. The summed E-state index contributed by atoms with van der Waals surface area (Å²) in [5.41, 5.74) is 1.90. The summed E-state index contributed by atoms with van der Waals surface area (Å²) in [5, 5.41) is 0. The summed E-state index contributed by atoms with van der Waals surface area (Å²) in [6.45, 7) is 2.45. The van der Waals surface area contributed by atoms with Crippen LogP contribution in [0.25, 0.3) is 0 Å². The van der Waals surface area contributed by atoms with E-state index in [0.29, 0.717) is 13.0 Å². The Morgan fingerprint density at radius 3 is 2.73 bits per heavy atom. The lowest BCUT2D eigenvalue weighted by Crippen LogP contribution is -2.42. The molecule has 0 radical (unpaired) electrons. The lowest BCUT2D eigenvalue weighted by Gasteiger charge is -2.31. The largest absolute Gasteiger partial charge is 0.491 e. The van der Waals surface area contributed by atoms with Crippen molar-refractivity contribution in [1.82, 2.24) is 0 Å².